The topological polar surface area (TPSA) is 110 Å². The number of aliphatic hydroxyl groups excluding tert-OH is 4. The number of carbonyl (C=O) groups excluding carboxylic acids is 1. The molecule has 85 heavy (non-hydrogen) atoms. The molecule has 0 aromatic rings. The van der Waals surface area contributed by atoms with Crippen LogP contribution in [0.15, 0.2) is 60.8 Å². The van der Waals surface area contributed by atoms with Crippen molar-refractivity contribution in [2.75, 3.05) is 6.61 Å². The lowest BCUT2D eigenvalue weighted by atomic mass is 10.00. The van der Waals surface area contributed by atoms with Gasteiger partial charge in [0.15, 0.2) is 0 Å². The van der Waals surface area contributed by atoms with Gasteiger partial charge in [-0.1, -0.05) is 370 Å². The molecule has 0 aliphatic rings. The van der Waals surface area contributed by atoms with Gasteiger partial charge < -0.3 is 25.7 Å². The maximum absolute atomic E-state index is 12.7. The van der Waals surface area contributed by atoms with Crippen LogP contribution in [0.3, 0.4) is 0 Å². The molecule has 5 N–H and O–H groups in total. The van der Waals surface area contributed by atoms with Crippen LogP contribution in [0.2, 0.25) is 0 Å². The number of carbonyl (C=O) groups is 1. The maximum atomic E-state index is 12.7. The zero-order chi connectivity index (χ0) is 61.5. The normalized spacial score (nSPS) is 13.7. The van der Waals surface area contributed by atoms with Crippen LogP contribution < -0.4 is 5.32 Å². The van der Waals surface area contributed by atoms with Crippen molar-refractivity contribution in [1.29, 1.82) is 0 Å². The van der Waals surface area contributed by atoms with Gasteiger partial charge in [-0.15, -0.1) is 0 Å². The molecule has 0 saturated carbocycles. The Labute approximate surface area is 531 Å². The fraction of sp³-hybridized carbons (Fsp3) is 0.861. The monoisotopic (exact) mass is 1190 g/mol. The van der Waals surface area contributed by atoms with Crippen molar-refractivity contribution < 1.29 is 25.2 Å². The van der Waals surface area contributed by atoms with E-state index in [1.54, 1.807) is 0 Å². The zero-order valence-corrected chi connectivity index (χ0v) is 57.1. The van der Waals surface area contributed by atoms with E-state index in [0.29, 0.717) is 19.3 Å². The van der Waals surface area contributed by atoms with Crippen LogP contribution >= 0.6 is 0 Å². The Morgan fingerprint density at radius 1 is 0.294 bits per heavy atom. The van der Waals surface area contributed by atoms with Crippen molar-refractivity contribution in [1.82, 2.24) is 5.32 Å². The minimum atomic E-state index is -1.30. The molecule has 4 atom stereocenters. The molecule has 0 fully saturated rings. The summed E-state index contributed by atoms with van der Waals surface area (Å²) in [5, 5.41) is 44.2. The predicted octanol–water partition coefficient (Wildman–Crippen LogP) is 24.2. The van der Waals surface area contributed by atoms with E-state index in [-0.39, 0.29) is 0 Å². The summed E-state index contributed by atoms with van der Waals surface area (Å²) in [4.78, 5) is 12.7. The molecule has 6 nitrogen and oxygen atoms in total. The average Bonchev–Trinajstić information content (AvgIpc) is 3.51. The van der Waals surface area contributed by atoms with Crippen molar-refractivity contribution in [3.8, 4) is 0 Å². The molecule has 0 bridgehead atoms. The number of unbranched alkanes of at least 4 members (excludes halogenated alkanes) is 52. The Kier molecular flexibility index (Phi) is 71.0. The molecule has 0 aromatic heterocycles. The van der Waals surface area contributed by atoms with Crippen LogP contribution in [0.25, 0.3) is 0 Å². The van der Waals surface area contributed by atoms with E-state index in [2.05, 4.69) is 79.9 Å². The summed E-state index contributed by atoms with van der Waals surface area (Å²) in [5.41, 5.74) is 0. The molecular weight excluding hydrogens is 1040 g/mol. The van der Waals surface area contributed by atoms with Crippen molar-refractivity contribution in [3.05, 3.63) is 60.8 Å². The molecule has 0 rings (SSSR count). The molecule has 0 saturated heterocycles. The lowest BCUT2D eigenvalue weighted by molar-refractivity contribution is -0.132. The van der Waals surface area contributed by atoms with Crippen LogP contribution in [0.1, 0.15) is 406 Å². The lowest BCUT2D eigenvalue weighted by Gasteiger charge is -2.27. The first-order valence-electron chi connectivity index (χ1n) is 38.2. The largest absolute Gasteiger partial charge is 0.394 e. The van der Waals surface area contributed by atoms with E-state index in [9.17, 15) is 25.2 Å². The van der Waals surface area contributed by atoms with Crippen molar-refractivity contribution in [3.63, 3.8) is 0 Å². The standard InChI is InChI=1S/C79H149NO5/c1-3-5-7-9-11-13-15-17-19-21-23-25-27-29-31-33-35-36-37-38-39-40-41-43-45-47-49-51-53-55-57-59-61-63-65-67-69-71-73-77(83)79(85)80-75(74-81)78(84)76(82)72-70-68-66-64-62-60-58-56-54-52-50-48-46-44-42-34-32-30-28-26-24-22-20-18-16-14-12-10-8-6-4-2/h35-36,38-39,48,50,56,58,64,66,75-78,81-84H,3-34,37,40-47,49,51-55,57,59-63,65,67-74H2,1-2H3,(H,80,85)/b36-35-,39-38-,50-48+,58-56+,66-64+. The van der Waals surface area contributed by atoms with E-state index in [1.165, 1.54) is 315 Å². The highest BCUT2D eigenvalue weighted by Gasteiger charge is 2.28. The summed E-state index contributed by atoms with van der Waals surface area (Å²) in [6.07, 6.45) is 98.1. The summed E-state index contributed by atoms with van der Waals surface area (Å²) in [5.74, 6) is -0.595. The Hall–Kier alpha value is -1.99. The van der Waals surface area contributed by atoms with Crippen LogP contribution in [-0.4, -0.2) is 57.3 Å². The van der Waals surface area contributed by atoms with Gasteiger partial charge in [0.2, 0.25) is 5.91 Å². The molecule has 0 aliphatic carbocycles. The number of allylic oxidation sites excluding steroid dienone is 10. The molecule has 1 amide bonds. The third-order valence-corrected chi connectivity index (χ3v) is 17.9. The second-order valence-electron chi connectivity index (χ2n) is 26.3. The lowest BCUT2D eigenvalue weighted by Crippen LogP contribution is -2.53. The summed E-state index contributed by atoms with van der Waals surface area (Å²) in [6.45, 7) is 4.09. The van der Waals surface area contributed by atoms with Crippen LogP contribution in [0.4, 0.5) is 0 Å². The fourth-order valence-electron chi connectivity index (χ4n) is 12.0. The number of hydrogen-bond donors (Lipinski definition) is 5. The Morgan fingerprint density at radius 3 is 0.812 bits per heavy atom. The van der Waals surface area contributed by atoms with E-state index in [1.807, 2.05) is 0 Å². The highest BCUT2D eigenvalue weighted by Crippen LogP contribution is 2.19. The number of aliphatic hydroxyl groups is 4. The number of rotatable bonds is 71. The molecule has 0 spiro atoms. The first kappa shape index (κ1) is 83.0. The summed E-state index contributed by atoms with van der Waals surface area (Å²) < 4.78 is 0. The van der Waals surface area contributed by atoms with Crippen molar-refractivity contribution >= 4 is 5.91 Å². The van der Waals surface area contributed by atoms with E-state index in [4.69, 9.17) is 0 Å². The van der Waals surface area contributed by atoms with Gasteiger partial charge in [0.05, 0.1) is 18.8 Å². The van der Waals surface area contributed by atoms with Gasteiger partial charge in [0, 0.05) is 0 Å². The van der Waals surface area contributed by atoms with E-state index >= 15 is 0 Å². The van der Waals surface area contributed by atoms with Gasteiger partial charge in [-0.3, -0.25) is 4.79 Å². The Morgan fingerprint density at radius 2 is 0.529 bits per heavy atom. The van der Waals surface area contributed by atoms with Gasteiger partial charge in [0.1, 0.15) is 12.2 Å². The molecular formula is C79H149NO5. The van der Waals surface area contributed by atoms with Gasteiger partial charge in [-0.25, -0.2) is 0 Å². The minimum Gasteiger partial charge on any atom is -0.394 e. The highest BCUT2D eigenvalue weighted by molar-refractivity contribution is 5.80. The SMILES string of the molecule is CCCCCCCCCCCCCCCCC/C=C\C/C=C\CCCCCCCCCCCCCCCCCCC(O)C(=O)NC(CO)C(O)C(O)CCC/C=C/CC/C=C/CC/C=C/CCCCCCCCCCCCCCCCCCCC. The van der Waals surface area contributed by atoms with Crippen LogP contribution in [-0.2, 0) is 4.79 Å². The smallest absolute Gasteiger partial charge is 0.249 e. The van der Waals surface area contributed by atoms with Crippen molar-refractivity contribution in [2.24, 2.45) is 0 Å². The molecule has 0 aromatic carbocycles. The molecule has 0 heterocycles. The molecule has 6 heteroatoms. The maximum Gasteiger partial charge on any atom is 0.249 e. The number of amides is 1. The first-order chi connectivity index (χ1) is 42.0. The predicted molar refractivity (Wildman–Crippen MR) is 376 cm³/mol. The second kappa shape index (κ2) is 72.8. The second-order valence-corrected chi connectivity index (χ2v) is 26.3. The fourth-order valence-corrected chi connectivity index (χ4v) is 12.0. The van der Waals surface area contributed by atoms with Crippen LogP contribution in [0.5, 0.6) is 0 Å². The molecule has 0 aliphatic heterocycles. The average molecular weight is 1190 g/mol. The van der Waals surface area contributed by atoms with E-state index in [0.717, 1.165) is 57.8 Å². The highest BCUT2D eigenvalue weighted by atomic mass is 16.3. The quantitative estimate of drug-likeness (QED) is 0.0308. The van der Waals surface area contributed by atoms with E-state index < -0.39 is 36.9 Å². The molecule has 500 valence electrons. The number of hydrogen-bond acceptors (Lipinski definition) is 5. The van der Waals surface area contributed by atoms with Gasteiger partial charge in [-0.2, -0.15) is 0 Å². The summed E-state index contributed by atoms with van der Waals surface area (Å²) >= 11 is 0. The first-order valence-corrected chi connectivity index (χ1v) is 38.2. The molecule has 0 radical (unpaired) electrons. The van der Waals surface area contributed by atoms with Gasteiger partial charge >= 0.3 is 0 Å². The van der Waals surface area contributed by atoms with Gasteiger partial charge in [0.25, 0.3) is 0 Å². The van der Waals surface area contributed by atoms with Crippen molar-refractivity contribution in [2.45, 2.75) is 430 Å². The molecule has 4 unspecified atom stereocenters. The number of nitrogens with one attached hydrogen (secondary N) is 1. The summed E-state index contributed by atoms with van der Waals surface area (Å²) in [6, 6.07) is -1.02. The summed E-state index contributed by atoms with van der Waals surface area (Å²) in [7, 11) is 0. The van der Waals surface area contributed by atoms with Crippen LogP contribution in [0, 0.1) is 0 Å². The zero-order valence-electron chi connectivity index (χ0n) is 57.1. The third kappa shape index (κ3) is 66.3. The Bertz CT molecular complexity index is 1440. The van der Waals surface area contributed by atoms with Gasteiger partial charge in [-0.05, 0) is 96.3 Å². The minimum absolute atomic E-state index is 0.358. The Balaban J connectivity index is 3.59. The third-order valence-electron chi connectivity index (χ3n) is 17.9.